The lowest BCUT2D eigenvalue weighted by Gasteiger charge is -2.01. The predicted molar refractivity (Wildman–Crippen MR) is 62.1 cm³/mol. The van der Waals surface area contributed by atoms with Crippen molar-refractivity contribution in [1.29, 1.82) is 0 Å². The highest BCUT2D eigenvalue weighted by molar-refractivity contribution is 5.74. The third-order valence-electron chi connectivity index (χ3n) is 2.67. The molecule has 0 spiro atoms. The molecule has 0 atom stereocenters. The van der Waals surface area contributed by atoms with E-state index in [4.69, 9.17) is 0 Å². The number of nitrogens with one attached hydrogen (secondary N) is 1. The van der Waals surface area contributed by atoms with Gasteiger partial charge >= 0.3 is 5.69 Å². The number of hydrogen-bond donors (Lipinski definition) is 1. The highest BCUT2D eigenvalue weighted by Crippen LogP contribution is 2.09. The number of imidazole rings is 1. The van der Waals surface area contributed by atoms with E-state index in [1.165, 1.54) is 12.8 Å². The van der Waals surface area contributed by atoms with Crippen LogP contribution in [-0.2, 0) is 6.54 Å². The van der Waals surface area contributed by atoms with Crippen LogP contribution < -0.4 is 5.69 Å². The maximum Gasteiger partial charge on any atom is 0.326 e. The number of benzene rings is 1. The second-order valence-electron chi connectivity index (χ2n) is 3.81. The lowest BCUT2D eigenvalue weighted by atomic mass is 10.2. The molecule has 0 aliphatic rings. The fourth-order valence-corrected chi connectivity index (χ4v) is 1.85. The molecular weight excluding hydrogens is 188 g/mol. The van der Waals surface area contributed by atoms with Gasteiger partial charge in [0.25, 0.3) is 0 Å². The minimum atomic E-state index is 0.00676. The third kappa shape index (κ3) is 1.96. The van der Waals surface area contributed by atoms with Crippen molar-refractivity contribution in [2.75, 3.05) is 0 Å². The maximum atomic E-state index is 11.6. The second kappa shape index (κ2) is 4.34. The van der Waals surface area contributed by atoms with Gasteiger partial charge in [0.1, 0.15) is 0 Å². The van der Waals surface area contributed by atoms with Gasteiger partial charge in [-0.25, -0.2) is 4.79 Å². The van der Waals surface area contributed by atoms with Gasteiger partial charge in [-0.2, -0.15) is 0 Å². The van der Waals surface area contributed by atoms with Crippen LogP contribution in [0, 0.1) is 0 Å². The van der Waals surface area contributed by atoms with Crippen LogP contribution in [0.25, 0.3) is 11.0 Å². The summed E-state index contributed by atoms with van der Waals surface area (Å²) in [5, 5.41) is 0. The summed E-state index contributed by atoms with van der Waals surface area (Å²) in [4.78, 5) is 14.5. The molecule has 2 aromatic rings. The number of aromatic amines is 1. The van der Waals surface area contributed by atoms with E-state index in [-0.39, 0.29) is 5.69 Å². The van der Waals surface area contributed by atoms with Crippen molar-refractivity contribution < 1.29 is 0 Å². The van der Waals surface area contributed by atoms with E-state index in [1.807, 2.05) is 28.8 Å². The average molecular weight is 204 g/mol. The molecule has 80 valence electrons. The summed E-state index contributed by atoms with van der Waals surface area (Å²) < 4.78 is 1.82. The van der Waals surface area contributed by atoms with Gasteiger partial charge in [-0.15, -0.1) is 0 Å². The van der Waals surface area contributed by atoms with Crippen molar-refractivity contribution in [3.63, 3.8) is 0 Å². The first-order valence-electron chi connectivity index (χ1n) is 5.50. The van der Waals surface area contributed by atoms with E-state index in [0.29, 0.717) is 0 Å². The maximum absolute atomic E-state index is 11.6. The quantitative estimate of drug-likeness (QED) is 0.763. The molecule has 15 heavy (non-hydrogen) atoms. The molecule has 0 saturated carbocycles. The van der Waals surface area contributed by atoms with Crippen LogP contribution in [0.1, 0.15) is 26.2 Å². The lowest BCUT2D eigenvalue weighted by Crippen LogP contribution is -2.16. The zero-order valence-electron chi connectivity index (χ0n) is 8.99. The topological polar surface area (TPSA) is 37.8 Å². The summed E-state index contributed by atoms with van der Waals surface area (Å²) in [6, 6.07) is 7.83. The monoisotopic (exact) mass is 204 g/mol. The molecule has 3 heteroatoms. The highest BCUT2D eigenvalue weighted by atomic mass is 16.1. The molecule has 0 unspecified atom stereocenters. The molecule has 1 N–H and O–H groups in total. The molecule has 3 nitrogen and oxygen atoms in total. The molecule has 1 heterocycles. The van der Waals surface area contributed by atoms with E-state index >= 15 is 0 Å². The molecule has 1 aromatic carbocycles. The number of H-pyrrole nitrogens is 1. The number of nitrogens with zero attached hydrogens (tertiary/aromatic N) is 1. The normalized spacial score (nSPS) is 11.0. The molecule has 0 saturated heterocycles. The Hall–Kier alpha value is -1.51. The number of aryl methyl sites for hydroxylation is 1. The van der Waals surface area contributed by atoms with Crippen LogP contribution >= 0.6 is 0 Å². The Morgan fingerprint density at radius 3 is 2.87 bits per heavy atom. The number of fused-ring (bicyclic) bond motifs is 1. The standard InChI is InChI=1S/C12H16N2O/c1-2-3-6-9-14-11-8-5-4-7-10(11)13-12(14)15/h4-5,7-8H,2-3,6,9H2,1H3,(H,13,15). The van der Waals surface area contributed by atoms with Gasteiger partial charge in [0.2, 0.25) is 0 Å². The first kappa shape index (κ1) is 10.0. The van der Waals surface area contributed by atoms with E-state index in [2.05, 4.69) is 11.9 Å². The summed E-state index contributed by atoms with van der Waals surface area (Å²) >= 11 is 0. The van der Waals surface area contributed by atoms with Gasteiger partial charge in [-0.3, -0.25) is 4.57 Å². The van der Waals surface area contributed by atoms with Gasteiger partial charge in [0, 0.05) is 6.54 Å². The largest absolute Gasteiger partial charge is 0.326 e. The Bertz CT molecular complexity index is 496. The molecule has 0 aliphatic heterocycles. The summed E-state index contributed by atoms with van der Waals surface area (Å²) in [6.07, 6.45) is 3.42. The van der Waals surface area contributed by atoms with Gasteiger partial charge in [-0.05, 0) is 18.6 Å². The number of hydrogen-bond acceptors (Lipinski definition) is 1. The Morgan fingerprint density at radius 2 is 2.07 bits per heavy atom. The zero-order chi connectivity index (χ0) is 10.7. The Balaban J connectivity index is 2.33. The fourth-order valence-electron chi connectivity index (χ4n) is 1.85. The zero-order valence-corrected chi connectivity index (χ0v) is 8.99. The van der Waals surface area contributed by atoms with Crippen LogP contribution in [0.15, 0.2) is 29.1 Å². The van der Waals surface area contributed by atoms with E-state index in [0.717, 1.165) is 24.0 Å². The molecule has 0 fully saturated rings. The van der Waals surface area contributed by atoms with Crippen LogP contribution in [0.5, 0.6) is 0 Å². The summed E-state index contributed by atoms with van der Waals surface area (Å²) in [5.74, 6) is 0. The molecule has 0 aliphatic carbocycles. The summed E-state index contributed by atoms with van der Waals surface area (Å²) in [6.45, 7) is 2.98. The average Bonchev–Trinajstić information content (AvgIpc) is 2.56. The molecule has 0 bridgehead atoms. The summed E-state index contributed by atoms with van der Waals surface area (Å²) in [5.41, 5.74) is 1.95. The van der Waals surface area contributed by atoms with E-state index in [9.17, 15) is 4.79 Å². The Labute approximate surface area is 88.7 Å². The summed E-state index contributed by atoms with van der Waals surface area (Å²) in [7, 11) is 0. The number of aromatic nitrogens is 2. The lowest BCUT2D eigenvalue weighted by molar-refractivity contribution is 0.601. The minimum Gasteiger partial charge on any atom is -0.306 e. The van der Waals surface area contributed by atoms with E-state index < -0.39 is 0 Å². The first-order chi connectivity index (χ1) is 7.33. The number of rotatable bonds is 4. The van der Waals surface area contributed by atoms with Gasteiger partial charge in [-0.1, -0.05) is 31.9 Å². The van der Waals surface area contributed by atoms with Crippen molar-refractivity contribution in [2.45, 2.75) is 32.7 Å². The molecular formula is C12H16N2O. The Kier molecular flexibility index (Phi) is 2.90. The number of unbranched alkanes of at least 4 members (excludes halogenated alkanes) is 2. The van der Waals surface area contributed by atoms with E-state index in [1.54, 1.807) is 0 Å². The number of para-hydroxylation sites is 2. The minimum absolute atomic E-state index is 0.00676. The second-order valence-corrected chi connectivity index (χ2v) is 3.81. The third-order valence-corrected chi connectivity index (χ3v) is 2.67. The molecule has 0 radical (unpaired) electrons. The van der Waals surface area contributed by atoms with Crippen molar-refractivity contribution in [3.8, 4) is 0 Å². The fraction of sp³-hybridized carbons (Fsp3) is 0.417. The van der Waals surface area contributed by atoms with Crippen LogP contribution in [0.2, 0.25) is 0 Å². The molecule has 2 rings (SSSR count). The van der Waals surface area contributed by atoms with Gasteiger partial charge < -0.3 is 4.98 Å². The van der Waals surface area contributed by atoms with Crippen LogP contribution in [-0.4, -0.2) is 9.55 Å². The van der Waals surface area contributed by atoms with Crippen LogP contribution in [0.4, 0.5) is 0 Å². The Morgan fingerprint density at radius 1 is 1.27 bits per heavy atom. The first-order valence-corrected chi connectivity index (χ1v) is 5.50. The molecule has 0 amide bonds. The van der Waals surface area contributed by atoms with Crippen molar-refractivity contribution >= 4 is 11.0 Å². The SMILES string of the molecule is CCCCCn1c(=O)[nH]c2ccccc21. The van der Waals surface area contributed by atoms with Gasteiger partial charge in [0.05, 0.1) is 11.0 Å². The smallest absolute Gasteiger partial charge is 0.306 e. The predicted octanol–water partition coefficient (Wildman–Crippen LogP) is 2.52. The molecule has 1 aromatic heterocycles. The van der Waals surface area contributed by atoms with Crippen molar-refractivity contribution in [1.82, 2.24) is 9.55 Å². The van der Waals surface area contributed by atoms with Gasteiger partial charge in [0.15, 0.2) is 0 Å². The highest BCUT2D eigenvalue weighted by Gasteiger charge is 2.04. The van der Waals surface area contributed by atoms with Crippen molar-refractivity contribution in [2.24, 2.45) is 0 Å². The van der Waals surface area contributed by atoms with Crippen LogP contribution in [0.3, 0.4) is 0 Å². The van der Waals surface area contributed by atoms with Crippen molar-refractivity contribution in [3.05, 3.63) is 34.7 Å².